The van der Waals surface area contributed by atoms with Crippen molar-refractivity contribution >= 4 is 5.78 Å². The standard InChI is InChI=1S/C32H45NO2/c1-5-7-9-11-12-14-24-35-30-22-20-28(21-23-30)27-16-18-29(19-17-27)31(34)32(4,25-33)26(3)15-13-10-8-6-2/h16-23,26H,5-15,24H2,1-4H3/t26-,32+/m1/s1. The number of Topliss-reactive ketones (excluding diaryl/α,β-unsaturated/α-hetero) is 1. The van der Waals surface area contributed by atoms with Gasteiger partial charge in [0.25, 0.3) is 0 Å². The number of nitriles is 1. The van der Waals surface area contributed by atoms with Gasteiger partial charge in [0.1, 0.15) is 11.2 Å². The minimum atomic E-state index is -0.997. The zero-order valence-corrected chi connectivity index (χ0v) is 22.4. The molecular formula is C32H45NO2. The predicted octanol–water partition coefficient (Wildman–Crippen LogP) is 9.41. The molecule has 0 saturated heterocycles. The number of ketones is 1. The van der Waals surface area contributed by atoms with Crippen LogP contribution in [0.2, 0.25) is 0 Å². The second kappa shape index (κ2) is 15.4. The molecule has 2 atom stereocenters. The number of unbranched alkanes of at least 4 members (excludes halogenated alkanes) is 8. The summed E-state index contributed by atoms with van der Waals surface area (Å²) in [6, 6.07) is 18.2. The first-order valence-electron chi connectivity index (χ1n) is 13.8. The van der Waals surface area contributed by atoms with Gasteiger partial charge in [0.2, 0.25) is 0 Å². The molecule has 0 aliphatic heterocycles. The van der Waals surface area contributed by atoms with Gasteiger partial charge in [-0.25, -0.2) is 0 Å². The zero-order valence-electron chi connectivity index (χ0n) is 22.4. The number of hydrogen-bond donors (Lipinski definition) is 0. The highest BCUT2D eigenvalue weighted by Gasteiger charge is 2.39. The summed E-state index contributed by atoms with van der Waals surface area (Å²) in [5, 5.41) is 9.89. The molecule has 0 unspecified atom stereocenters. The molecule has 35 heavy (non-hydrogen) atoms. The molecule has 0 aliphatic rings. The van der Waals surface area contributed by atoms with Crippen molar-refractivity contribution < 1.29 is 9.53 Å². The Balaban J connectivity index is 1.93. The van der Waals surface area contributed by atoms with E-state index in [0.29, 0.717) is 5.56 Å². The van der Waals surface area contributed by atoms with E-state index in [9.17, 15) is 10.1 Å². The lowest BCUT2D eigenvalue weighted by molar-refractivity contribution is 0.0807. The monoisotopic (exact) mass is 475 g/mol. The second-order valence-corrected chi connectivity index (χ2v) is 10.1. The van der Waals surface area contributed by atoms with Crippen LogP contribution in [-0.2, 0) is 0 Å². The van der Waals surface area contributed by atoms with Crippen molar-refractivity contribution in [2.75, 3.05) is 6.61 Å². The highest BCUT2D eigenvalue weighted by atomic mass is 16.5. The molecule has 0 fully saturated rings. The quantitative estimate of drug-likeness (QED) is 0.169. The highest BCUT2D eigenvalue weighted by Crippen LogP contribution is 2.35. The zero-order chi connectivity index (χ0) is 25.5. The number of benzene rings is 2. The van der Waals surface area contributed by atoms with Gasteiger partial charge in [-0.3, -0.25) is 4.79 Å². The van der Waals surface area contributed by atoms with Crippen LogP contribution in [0.1, 0.15) is 109 Å². The van der Waals surface area contributed by atoms with Gasteiger partial charge in [-0.05, 0) is 48.9 Å². The summed E-state index contributed by atoms with van der Waals surface area (Å²) < 4.78 is 5.89. The van der Waals surface area contributed by atoms with Crippen LogP contribution in [0.4, 0.5) is 0 Å². The Kier molecular flexibility index (Phi) is 12.6. The summed E-state index contributed by atoms with van der Waals surface area (Å²) in [4.78, 5) is 13.3. The van der Waals surface area contributed by atoms with Crippen LogP contribution in [-0.4, -0.2) is 12.4 Å². The third kappa shape index (κ3) is 8.84. The fourth-order valence-electron chi connectivity index (χ4n) is 4.48. The first kappa shape index (κ1) is 28.6. The minimum Gasteiger partial charge on any atom is -0.494 e. The number of nitrogens with zero attached hydrogens (tertiary/aromatic N) is 1. The Morgan fingerprint density at radius 2 is 1.34 bits per heavy atom. The Hall–Kier alpha value is -2.60. The van der Waals surface area contributed by atoms with Crippen LogP contribution in [0.15, 0.2) is 48.5 Å². The summed E-state index contributed by atoms with van der Waals surface area (Å²) in [6.07, 6.45) is 13.1. The number of hydrogen-bond acceptors (Lipinski definition) is 3. The lowest BCUT2D eigenvalue weighted by Gasteiger charge is -2.27. The second-order valence-electron chi connectivity index (χ2n) is 10.1. The molecule has 0 N–H and O–H groups in total. The highest BCUT2D eigenvalue weighted by molar-refractivity contribution is 6.02. The summed E-state index contributed by atoms with van der Waals surface area (Å²) in [6.45, 7) is 9.03. The SMILES string of the molecule is CCCCCCCCOc1ccc(-c2ccc(C(=O)[C@@](C)(C#N)[C@H](C)CCCCCC)cc2)cc1. The van der Waals surface area contributed by atoms with Gasteiger partial charge in [-0.2, -0.15) is 5.26 Å². The molecule has 3 heteroatoms. The molecule has 0 aromatic heterocycles. The molecule has 2 aromatic rings. The maximum Gasteiger partial charge on any atom is 0.183 e. The van der Waals surface area contributed by atoms with E-state index in [1.165, 1.54) is 44.9 Å². The molecule has 2 rings (SSSR count). The van der Waals surface area contributed by atoms with E-state index in [1.807, 2.05) is 43.3 Å². The summed E-state index contributed by atoms with van der Waals surface area (Å²) >= 11 is 0. The van der Waals surface area contributed by atoms with E-state index in [2.05, 4.69) is 32.0 Å². The first-order valence-corrected chi connectivity index (χ1v) is 13.8. The van der Waals surface area contributed by atoms with E-state index in [1.54, 1.807) is 6.92 Å². The number of carbonyl (C=O) groups excluding carboxylic acids is 1. The molecule has 0 amide bonds. The maximum absolute atomic E-state index is 13.3. The van der Waals surface area contributed by atoms with E-state index in [0.717, 1.165) is 49.2 Å². The Morgan fingerprint density at radius 1 is 0.829 bits per heavy atom. The largest absolute Gasteiger partial charge is 0.494 e. The third-order valence-corrected chi connectivity index (χ3v) is 7.28. The smallest absolute Gasteiger partial charge is 0.183 e. The van der Waals surface area contributed by atoms with Crippen molar-refractivity contribution in [3.05, 3.63) is 54.1 Å². The third-order valence-electron chi connectivity index (χ3n) is 7.28. The van der Waals surface area contributed by atoms with Gasteiger partial charge in [-0.1, -0.05) is 115 Å². The fraction of sp³-hybridized carbons (Fsp3) is 0.562. The molecule has 2 aromatic carbocycles. The summed E-state index contributed by atoms with van der Waals surface area (Å²) in [5.74, 6) is 0.847. The van der Waals surface area contributed by atoms with Gasteiger partial charge in [0.05, 0.1) is 12.7 Å². The number of carbonyl (C=O) groups is 1. The van der Waals surface area contributed by atoms with Crippen LogP contribution in [0.5, 0.6) is 5.75 Å². The van der Waals surface area contributed by atoms with Crippen molar-refractivity contribution in [1.82, 2.24) is 0 Å². The number of rotatable bonds is 17. The van der Waals surface area contributed by atoms with Crippen molar-refractivity contribution in [1.29, 1.82) is 5.26 Å². The van der Waals surface area contributed by atoms with Gasteiger partial charge in [-0.15, -0.1) is 0 Å². The van der Waals surface area contributed by atoms with Crippen molar-refractivity contribution in [2.45, 2.75) is 98.3 Å². The fourth-order valence-corrected chi connectivity index (χ4v) is 4.48. The Morgan fingerprint density at radius 3 is 1.91 bits per heavy atom. The lowest BCUT2D eigenvalue weighted by Crippen LogP contribution is -2.33. The molecule has 0 aliphatic carbocycles. The predicted molar refractivity (Wildman–Crippen MR) is 147 cm³/mol. The molecular weight excluding hydrogens is 430 g/mol. The lowest BCUT2D eigenvalue weighted by atomic mass is 9.71. The summed E-state index contributed by atoms with van der Waals surface area (Å²) in [5.41, 5.74) is 1.75. The van der Waals surface area contributed by atoms with Crippen LogP contribution < -0.4 is 4.74 Å². The van der Waals surface area contributed by atoms with Gasteiger partial charge >= 0.3 is 0 Å². The van der Waals surface area contributed by atoms with Crippen LogP contribution in [0.3, 0.4) is 0 Å². The molecule has 0 bridgehead atoms. The van der Waals surface area contributed by atoms with E-state index < -0.39 is 5.41 Å². The van der Waals surface area contributed by atoms with Crippen molar-refractivity contribution in [2.24, 2.45) is 11.3 Å². The average molecular weight is 476 g/mol. The normalized spacial score (nSPS) is 13.6. The Labute approximate surface area is 213 Å². The molecule has 190 valence electrons. The first-order chi connectivity index (χ1) is 17.0. The van der Waals surface area contributed by atoms with Gasteiger partial charge < -0.3 is 4.74 Å². The van der Waals surface area contributed by atoms with Crippen molar-refractivity contribution in [3.63, 3.8) is 0 Å². The summed E-state index contributed by atoms with van der Waals surface area (Å²) in [7, 11) is 0. The van der Waals surface area contributed by atoms with Crippen molar-refractivity contribution in [3.8, 4) is 22.9 Å². The van der Waals surface area contributed by atoms with Crippen LogP contribution >= 0.6 is 0 Å². The van der Waals surface area contributed by atoms with Gasteiger partial charge in [0, 0.05) is 5.56 Å². The number of ether oxygens (including phenoxy) is 1. The molecule has 0 spiro atoms. The molecule has 0 heterocycles. The van der Waals surface area contributed by atoms with E-state index in [-0.39, 0.29) is 11.7 Å². The van der Waals surface area contributed by atoms with E-state index in [4.69, 9.17) is 4.74 Å². The average Bonchev–Trinajstić information content (AvgIpc) is 2.90. The molecule has 0 radical (unpaired) electrons. The topological polar surface area (TPSA) is 50.1 Å². The Bertz CT molecular complexity index is 910. The van der Waals surface area contributed by atoms with E-state index >= 15 is 0 Å². The van der Waals surface area contributed by atoms with Gasteiger partial charge in [0.15, 0.2) is 5.78 Å². The maximum atomic E-state index is 13.3. The van der Waals surface area contributed by atoms with Crippen LogP contribution in [0, 0.1) is 22.7 Å². The van der Waals surface area contributed by atoms with Crippen LogP contribution in [0.25, 0.3) is 11.1 Å². The molecule has 0 saturated carbocycles. The molecule has 3 nitrogen and oxygen atoms in total. The minimum absolute atomic E-state index is 0.0282.